The molecule has 0 saturated heterocycles. The van der Waals surface area contributed by atoms with Crippen molar-refractivity contribution in [2.24, 2.45) is 5.73 Å². The predicted octanol–water partition coefficient (Wildman–Crippen LogP) is 2.49. The first-order valence-electron chi connectivity index (χ1n) is 6.19. The summed E-state index contributed by atoms with van der Waals surface area (Å²) in [6.45, 7) is 3.10. The number of benzene rings is 1. The molecule has 1 unspecified atom stereocenters. The maximum Gasteiger partial charge on any atom is 0.150 e. The maximum atomic E-state index is 13.8. The van der Waals surface area contributed by atoms with Crippen LogP contribution >= 0.6 is 0 Å². The zero-order valence-electron chi connectivity index (χ0n) is 11.1. The minimum atomic E-state index is -3.07. The van der Waals surface area contributed by atoms with Crippen molar-refractivity contribution in [3.63, 3.8) is 0 Å². The van der Waals surface area contributed by atoms with Crippen LogP contribution in [0.3, 0.4) is 0 Å². The van der Waals surface area contributed by atoms with E-state index in [1.165, 1.54) is 19.1 Å². The van der Waals surface area contributed by atoms with E-state index in [2.05, 4.69) is 0 Å². The van der Waals surface area contributed by atoms with Gasteiger partial charge in [0.15, 0.2) is 0 Å². The van der Waals surface area contributed by atoms with Gasteiger partial charge in [0.1, 0.15) is 21.5 Å². The Morgan fingerprint density at radius 3 is 2.53 bits per heavy atom. The number of rotatable bonds is 6. The number of aryl methyl sites for hydroxylation is 1. The van der Waals surface area contributed by atoms with E-state index in [9.17, 15) is 17.2 Å². The van der Waals surface area contributed by atoms with Gasteiger partial charge in [0.2, 0.25) is 0 Å². The Morgan fingerprint density at radius 1 is 1.32 bits per heavy atom. The van der Waals surface area contributed by atoms with Crippen LogP contribution in [0, 0.1) is 18.6 Å². The lowest BCUT2D eigenvalue weighted by Crippen LogP contribution is -2.17. The summed E-state index contributed by atoms with van der Waals surface area (Å²) in [5.41, 5.74) is 5.93. The molecule has 1 aromatic carbocycles. The van der Waals surface area contributed by atoms with Crippen molar-refractivity contribution < 1.29 is 17.2 Å². The number of halogens is 2. The summed E-state index contributed by atoms with van der Waals surface area (Å²) < 4.78 is 50.0. The van der Waals surface area contributed by atoms with E-state index >= 15 is 0 Å². The number of nitrogens with two attached hydrogens (primary N) is 1. The normalized spacial score (nSPS) is 13.5. The maximum absolute atomic E-state index is 13.8. The highest BCUT2D eigenvalue weighted by Gasteiger charge is 2.19. The van der Waals surface area contributed by atoms with Gasteiger partial charge in [0.25, 0.3) is 0 Å². The van der Waals surface area contributed by atoms with E-state index in [0.717, 1.165) is 0 Å². The standard InChI is InChI=1S/C13H19F2NO2S/c1-3-19(17,18)8-4-5-11(16)12-10(14)7-6-9(2)13(12)15/h6-7,11H,3-5,8,16H2,1-2H3. The number of hydrogen-bond acceptors (Lipinski definition) is 3. The van der Waals surface area contributed by atoms with Crippen LogP contribution in [-0.2, 0) is 9.84 Å². The van der Waals surface area contributed by atoms with Gasteiger partial charge in [-0.2, -0.15) is 0 Å². The van der Waals surface area contributed by atoms with Crippen LogP contribution in [-0.4, -0.2) is 19.9 Å². The van der Waals surface area contributed by atoms with Gasteiger partial charge in [-0.05, 0) is 31.4 Å². The Balaban J connectivity index is 2.74. The highest BCUT2D eigenvalue weighted by molar-refractivity contribution is 7.91. The van der Waals surface area contributed by atoms with Crippen molar-refractivity contribution in [2.45, 2.75) is 32.7 Å². The second kappa shape index (κ2) is 6.43. The fourth-order valence-corrected chi connectivity index (χ4v) is 2.73. The molecule has 0 aromatic heterocycles. The first-order valence-corrected chi connectivity index (χ1v) is 8.01. The summed E-state index contributed by atoms with van der Waals surface area (Å²) in [6, 6.07) is 1.70. The molecule has 6 heteroatoms. The molecule has 1 rings (SSSR count). The van der Waals surface area contributed by atoms with Gasteiger partial charge in [-0.25, -0.2) is 17.2 Å². The number of hydrogen-bond donors (Lipinski definition) is 1. The Labute approximate surface area is 112 Å². The number of sulfone groups is 1. The van der Waals surface area contributed by atoms with Crippen molar-refractivity contribution in [1.29, 1.82) is 0 Å². The Morgan fingerprint density at radius 2 is 1.95 bits per heavy atom. The summed E-state index contributed by atoms with van der Waals surface area (Å²) in [5.74, 6) is -1.28. The second-order valence-corrected chi connectivity index (χ2v) is 7.05. The lowest BCUT2D eigenvalue weighted by molar-refractivity contribution is 0.505. The topological polar surface area (TPSA) is 60.2 Å². The lowest BCUT2D eigenvalue weighted by Gasteiger charge is -2.15. The SMILES string of the molecule is CCS(=O)(=O)CCCC(N)c1c(F)ccc(C)c1F. The van der Waals surface area contributed by atoms with E-state index < -0.39 is 27.5 Å². The van der Waals surface area contributed by atoms with Crippen LogP contribution in [0.25, 0.3) is 0 Å². The molecule has 0 aliphatic heterocycles. The smallest absolute Gasteiger partial charge is 0.150 e. The van der Waals surface area contributed by atoms with Crippen LogP contribution in [0.2, 0.25) is 0 Å². The third-order valence-corrected chi connectivity index (χ3v) is 4.89. The third kappa shape index (κ3) is 4.24. The molecule has 0 aliphatic carbocycles. The fourth-order valence-electron chi connectivity index (χ4n) is 1.83. The van der Waals surface area contributed by atoms with Crippen molar-refractivity contribution in [2.75, 3.05) is 11.5 Å². The van der Waals surface area contributed by atoms with Crippen LogP contribution in [0.5, 0.6) is 0 Å². The van der Waals surface area contributed by atoms with E-state index in [4.69, 9.17) is 5.73 Å². The first kappa shape index (κ1) is 16.0. The zero-order valence-corrected chi connectivity index (χ0v) is 11.9. The summed E-state index contributed by atoms with van der Waals surface area (Å²) in [4.78, 5) is 0. The van der Waals surface area contributed by atoms with Crippen molar-refractivity contribution >= 4 is 9.84 Å². The van der Waals surface area contributed by atoms with Crippen LogP contribution in [0.15, 0.2) is 12.1 Å². The minimum absolute atomic E-state index is 0.00768. The monoisotopic (exact) mass is 291 g/mol. The summed E-state index contributed by atoms with van der Waals surface area (Å²) in [6.07, 6.45) is 0.528. The molecule has 0 saturated carbocycles. The molecular weight excluding hydrogens is 272 g/mol. The first-order chi connectivity index (χ1) is 8.78. The summed E-state index contributed by atoms with van der Waals surface area (Å²) in [7, 11) is -3.07. The van der Waals surface area contributed by atoms with Crippen LogP contribution in [0.4, 0.5) is 8.78 Å². The third-order valence-electron chi connectivity index (χ3n) is 3.10. The molecule has 19 heavy (non-hydrogen) atoms. The average molecular weight is 291 g/mol. The van der Waals surface area contributed by atoms with E-state index in [1.54, 1.807) is 6.92 Å². The van der Waals surface area contributed by atoms with Crippen molar-refractivity contribution in [3.8, 4) is 0 Å². The van der Waals surface area contributed by atoms with E-state index in [1.807, 2.05) is 0 Å². The predicted molar refractivity (Wildman–Crippen MR) is 71.6 cm³/mol. The largest absolute Gasteiger partial charge is 0.324 e. The van der Waals surface area contributed by atoms with Crippen molar-refractivity contribution in [1.82, 2.24) is 0 Å². The Bertz CT molecular complexity index is 544. The minimum Gasteiger partial charge on any atom is -0.324 e. The van der Waals surface area contributed by atoms with Gasteiger partial charge < -0.3 is 5.73 Å². The summed E-state index contributed by atoms with van der Waals surface area (Å²) >= 11 is 0. The molecule has 0 radical (unpaired) electrons. The molecule has 0 fully saturated rings. The molecule has 0 aliphatic rings. The molecule has 0 amide bonds. The molecule has 2 N–H and O–H groups in total. The van der Waals surface area contributed by atoms with E-state index in [0.29, 0.717) is 12.0 Å². The Kier molecular flexibility index (Phi) is 5.43. The quantitative estimate of drug-likeness (QED) is 0.876. The molecular formula is C13H19F2NO2S. The van der Waals surface area contributed by atoms with Crippen LogP contribution < -0.4 is 5.73 Å². The molecule has 3 nitrogen and oxygen atoms in total. The molecule has 1 aromatic rings. The highest BCUT2D eigenvalue weighted by Crippen LogP contribution is 2.24. The second-order valence-electron chi connectivity index (χ2n) is 4.58. The average Bonchev–Trinajstić information content (AvgIpc) is 2.34. The summed E-state index contributed by atoms with van der Waals surface area (Å²) in [5, 5.41) is 0. The van der Waals surface area contributed by atoms with Crippen molar-refractivity contribution in [3.05, 3.63) is 34.9 Å². The molecule has 1 atom stereocenters. The van der Waals surface area contributed by atoms with Gasteiger partial charge >= 0.3 is 0 Å². The van der Waals surface area contributed by atoms with Gasteiger partial charge in [-0.15, -0.1) is 0 Å². The Hall–Kier alpha value is -1.01. The van der Waals surface area contributed by atoms with E-state index in [-0.39, 0.29) is 23.5 Å². The molecule has 0 spiro atoms. The van der Waals surface area contributed by atoms with Gasteiger partial charge in [0.05, 0.1) is 5.75 Å². The van der Waals surface area contributed by atoms with Gasteiger partial charge in [-0.3, -0.25) is 0 Å². The van der Waals surface area contributed by atoms with Gasteiger partial charge in [-0.1, -0.05) is 13.0 Å². The fraction of sp³-hybridized carbons (Fsp3) is 0.538. The zero-order chi connectivity index (χ0) is 14.6. The molecule has 0 bridgehead atoms. The van der Waals surface area contributed by atoms with Gasteiger partial charge in [0, 0.05) is 17.4 Å². The molecule has 108 valence electrons. The molecule has 0 heterocycles. The lowest BCUT2D eigenvalue weighted by atomic mass is 10.00. The van der Waals surface area contributed by atoms with Crippen LogP contribution in [0.1, 0.15) is 36.9 Å². The highest BCUT2D eigenvalue weighted by atomic mass is 32.2.